The topological polar surface area (TPSA) is 59.0 Å². The lowest BCUT2D eigenvalue weighted by molar-refractivity contribution is -0.136. The summed E-state index contributed by atoms with van der Waals surface area (Å²) in [4.78, 5) is 13.7. The van der Waals surface area contributed by atoms with Gasteiger partial charge in [0.25, 0.3) is 0 Å². The van der Waals surface area contributed by atoms with Gasteiger partial charge < -0.3 is 14.6 Å². The molecule has 1 aromatic rings. The van der Waals surface area contributed by atoms with Crippen LogP contribution in [0.3, 0.4) is 0 Å². The Kier molecular flexibility index (Phi) is 11.3. The summed E-state index contributed by atoms with van der Waals surface area (Å²) >= 11 is 1.45. The molecule has 0 unspecified atom stereocenters. The molecule has 1 amide bonds. The van der Waals surface area contributed by atoms with Gasteiger partial charge >= 0.3 is 6.09 Å². The molecule has 0 saturated carbocycles. The standard InChI is InChI=1S/C26H40FNO4S/c1-2-3-4-5-6-7-8-9-10-14-17-33-25-22(27)24(31-18-20-15-12-11-13-16-20)23(29)21-19-32-26(30)28(21)25/h11-13,15-16,21-25,29H,2-10,14,17-19H2,1H3/t21-,22-,23-,24-,25-/m1/s1. The molecule has 5 nitrogen and oxygen atoms in total. The van der Waals surface area contributed by atoms with Crippen LogP contribution in [0.4, 0.5) is 9.18 Å². The minimum Gasteiger partial charge on any atom is -0.447 e. The highest BCUT2D eigenvalue weighted by Crippen LogP contribution is 2.38. The molecule has 1 N–H and O–H groups in total. The monoisotopic (exact) mass is 481 g/mol. The van der Waals surface area contributed by atoms with E-state index in [1.165, 1.54) is 68.0 Å². The third-order valence-electron chi connectivity index (χ3n) is 6.61. The zero-order chi connectivity index (χ0) is 23.5. The molecule has 5 atom stereocenters. The smallest absolute Gasteiger partial charge is 0.411 e. The van der Waals surface area contributed by atoms with Gasteiger partial charge in [0.2, 0.25) is 0 Å². The second-order valence-electron chi connectivity index (χ2n) is 9.19. The molecule has 0 aromatic heterocycles. The van der Waals surface area contributed by atoms with Gasteiger partial charge in [-0.3, -0.25) is 4.90 Å². The first-order chi connectivity index (χ1) is 16.1. The second kappa shape index (κ2) is 14.2. The number of alkyl halides is 1. The van der Waals surface area contributed by atoms with Crippen LogP contribution in [-0.2, 0) is 16.1 Å². The van der Waals surface area contributed by atoms with Crippen LogP contribution in [0.1, 0.15) is 76.7 Å². The van der Waals surface area contributed by atoms with Crippen molar-refractivity contribution in [2.24, 2.45) is 0 Å². The van der Waals surface area contributed by atoms with Crippen molar-refractivity contribution in [3.8, 4) is 0 Å². The Bertz CT molecular complexity index is 694. The van der Waals surface area contributed by atoms with E-state index in [0.29, 0.717) is 0 Å². The summed E-state index contributed by atoms with van der Waals surface area (Å²) in [5.41, 5.74) is 0.924. The number of halogens is 1. The van der Waals surface area contributed by atoms with Crippen LogP contribution < -0.4 is 0 Å². The Labute approximate surface area is 202 Å². The van der Waals surface area contributed by atoms with Gasteiger partial charge in [0.05, 0.1) is 12.6 Å². The number of fused-ring (bicyclic) bond motifs is 1. The quantitative estimate of drug-likeness (QED) is 0.307. The van der Waals surface area contributed by atoms with E-state index in [9.17, 15) is 9.90 Å². The third kappa shape index (κ3) is 7.59. The number of nitrogens with zero attached hydrogens (tertiary/aromatic N) is 1. The molecule has 3 rings (SSSR count). The molecule has 0 bridgehead atoms. The average Bonchev–Trinajstić information content (AvgIpc) is 3.21. The number of rotatable bonds is 15. The highest BCUT2D eigenvalue weighted by atomic mass is 32.2. The van der Waals surface area contributed by atoms with Crippen molar-refractivity contribution in [3.63, 3.8) is 0 Å². The molecule has 2 saturated heterocycles. The van der Waals surface area contributed by atoms with Crippen LogP contribution >= 0.6 is 11.8 Å². The van der Waals surface area contributed by atoms with E-state index < -0.39 is 35.9 Å². The van der Waals surface area contributed by atoms with Gasteiger partial charge in [-0.15, -0.1) is 11.8 Å². The Hall–Kier alpha value is -1.31. The average molecular weight is 482 g/mol. The van der Waals surface area contributed by atoms with Gasteiger partial charge in [0.1, 0.15) is 24.2 Å². The minimum atomic E-state index is -1.47. The van der Waals surface area contributed by atoms with E-state index in [1.807, 2.05) is 30.3 Å². The van der Waals surface area contributed by atoms with Gasteiger partial charge in [-0.1, -0.05) is 95.0 Å². The number of hydrogen-bond donors (Lipinski definition) is 1. The Balaban J connectivity index is 1.43. The Morgan fingerprint density at radius 2 is 1.70 bits per heavy atom. The van der Waals surface area contributed by atoms with E-state index in [2.05, 4.69) is 6.92 Å². The zero-order valence-corrected chi connectivity index (χ0v) is 20.7. The summed E-state index contributed by atoms with van der Waals surface area (Å²) in [6.07, 6.45) is 8.42. The van der Waals surface area contributed by atoms with Gasteiger partial charge in [0, 0.05) is 0 Å². The van der Waals surface area contributed by atoms with Crippen molar-refractivity contribution in [3.05, 3.63) is 35.9 Å². The van der Waals surface area contributed by atoms with Crippen LogP contribution in [0.25, 0.3) is 0 Å². The molecule has 7 heteroatoms. The van der Waals surface area contributed by atoms with Gasteiger partial charge in [-0.25, -0.2) is 9.18 Å². The van der Waals surface area contributed by atoms with Crippen LogP contribution in [0.5, 0.6) is 0 Å². The molecular weight excluding hydrogens is 441 g/mol. The zero-order valence-electron chi connectivity index (χ0n) is 19.9. The summed E-state index contributed by atoms with van der Waals surface area (Å²) in [5, 5.41) is 10.0. The molecule has 1 aromatic carbocycles. The summed E-state index contributed by atoms with van der Waals surface area (Å²) < 4.78 is 26.5. The first-order valence-electron chi connectivity index (χ1n) is 12.7. The van der Waals surface area contributed by atoms with Crippen molar-refractivity contribution in [1.82, 2.24) is 4.90 Å². The molecule has 2 heterocycles. The van der Waals surface area contributed by atoms with E-state index in [-0.39, 0.29) is 13.2 Å². The minimum absolute atomic E-state index is 0.0766. The normalized spacial score (nSPS) is 26.9. The number of benzene rings is 1. The summed E-state index contributed by atoms with van der Waals surface area (Å²) in [5.74, 6) is 0.777. The Morgan fingerprint density at radius 3 is 2.36 bits per heavy atom. The van der Waals surface area contributed by atoms with Crippen molar-refractivity contribution in [2.75, 3.05) is 12.4 Å². The first-order valence-corrected chi connectivity index (χ1v) is 13.7. The number of hydrogen-bond acceptors (Lipinski definition) is 5. The number of unbranched alkanes of at least 4 members (excludes halogenated alkanes) is 9. The molecule has 0 radical (unpaired) electrons. The number of thioether (sulfide) groups is 1. The number of aliphatic hydroxyl groups is 1. The number of carbonyl (C=O) groups excluding carboxylic acids is 1. The van der Waals surface area contributed by atoms with E-state index in [4.69, 9.17) is 9.47 Å². The second-order valence-corrected chi connectivity index (χ2v) is 10.4. The van der Waals surface area contributed by atoms with Crippen molar-refractivity contribution < 1.29 is 23.8 Å². The highest BCUT2D eigenvalue weighted by Gasteiger charge is 2.55. The maximum Gasteiger partial charge on any atom is 0.411 e. The van der Waals surface area contributed by atoms with Crippen LogP contribution in [-0.4, -0.2) is 58.3 Å². The third-order valence-corrected chi connectivity index (χ3v) is 7.96. The molecule has 0 aliphatic carbocycles. The first kappa shape index (κ1) is 26.3. The lowest BCUT2D eigenvalue weighted by Gasteiger charge is -2.44. The molecule has 2 aliphatic rings. The largest absolute Gasteiger partial charge is 0.447 e. The molecule has 2 fully saturated rings. The van der Waals surface area contributed by atoms with Crippen molar-refractivity contribution in [1.29, 1.82) is 0 Å². The number of aliphatic hydroxyl groups excluding tert-OH is 1. The molecule has 33 heavy (non-hydrogen) atoms. The summed E-state index contributed by atoms with van der Waals surface area (Å²) in [7, 11) is 0. The number of carbonyl (C=O) groups is 1. The maximum absolute atomic E-state index is 15.5. The maximum atomic E-state index is 15.5. The fraction of sp³-hybridized carbons (Fsp3) is 0.731. The van der Waals surface area contributed by atoms with Crippen LogP contribution in [0, 0.1) is 0 Å². The van der Waals surface area contributed by atoms with Crippen molar-refractivity contribution in [2.45, 2.75) is 108 Å². The van der Waals surface area contributed by atoms with Gasteiger partial charge in [-0.05, 0) is 17.7 Å². The van der Waals surface area contributed by atoms with Gasteiger partial charge in [0.15, 0.2) is 6.17 Å². The van der Waals surface area contributed by atoms with E-state index >= 15 is 4.39 Å². The molecule has 186 valence electrons. The number of amides is 1. The number of cyclic esters (lactones) is 1. The predicted molar refractivity (Wildman–Crippen MR) is 131 cm³/mol. The van der Waals surface area contributed by atoms with Gasteiger partial charge in [-0.2, -0.15) is 0 Å². The highest BCUT2D eigenvalue weighted by molar-refractivity contribution is 7.99. The molecular formula is C26H40FNO4S. The fourth-order valence-electron chi connectivity index (χ4n) is 4.65. The van der Waals surface area contributed by atoms with E-state index in [0.717, 1.165) is 24.2 Å². The van der Waals surface area contributed by atoms with Crippen molar-refractivity contribution >= 4 is 17.9 Å². The van der Waals surface area contributed by atoms with Crippen LogP contribution in [0.15, 0.2) is 30.3 Å². The number of ether oxygens (including phenoxy) is 2. The summed E-state index contributed by atoms with van der Waals surface area (Å²) in [6.45, 7) is 2.54. The van der Waals surface area contributed by atoms with Crippen LogP contribution in [0.2, 0.25) is 0 Å². The molecule has 2 aliphatic heterocycles. The fourth-order valence-corrected chi connectivity index (χ4v) is 6.00. The Morgan fingerprint density at radius 1 is 1.06 bits per heavy atom. The SMILES string of the molecule is CCCCCCCCCCCCS[C@@H]1[C@H](F)[C@@H](OCc2ccccc2)[C@H](O)[C@H]2COC(=O)N21. The van der Waals surface area contributed by atoms with E-state index in [1.54, 1.807) is 0 Å². The lowest BCUT2D eigenvalue weighted by Crippen LogP contribution is -2.64. The predicted octanol–water partition coefficient (Wildman–Crippen LogP) is 6.09. The number of piperidine rings is 1. The summed E-state index contributed by atoms with van der Waals surface area (Å²) in [6, 6.07) is 8.98. The molecule has 0 spiro atoms. The lowest BCUT2D eigenvalue weighted by atomic mass is 9.95.